The second kappa shape index (κ2) is 14.5. The Kier molecular flexibility index (Phi) is 10.3. The van der Waals surface area contributed by atoms with E-state index in [1.165, 1.54) is 0 Å². The lowest BCUT2D eigenvalue weighted by atomic mass is 10.1. The first-order chi connectivity index (χ1) is 20.5. The molecule has 0 bridgehead atoms. The van der Waals surface area contributed by atoms with Gasteiger partial charge >= 0.3 is 0 Å². The van der Waals surface area contributed by atoms with Gasteiger partial charge in [0.1, 0.15) is 0 Å². The number of hydrogen-bond acceptors (Lipinski definition) is 6. The van der Waals surface area contributed by atoms with Crippen LogP contribution >= 0.6 is 0 Å². The van der Waals surface area contributed by atoms with Gasteiger partial charge in [0, 0.05) is 11.1 Å². The second-order valence-electron chi connectivity index (χ2n) is 9.18. The van der Waals surface area contributed by atoms with E-state index in [0.29, 0.717) is 34.5 Å². The maximum Gasteiger partial charge on any atom is 0.203 e. The Morgan fingerprint density at radius 1 is 0.310 bits per heavy atom. The zero-order valence-electron chi connectivity index (χ0n) is 24.8. The van der Waals surface area contributed by atoms with Crippen molar-refractivity contribution in [2.75, 3.05) is 42.7 Å². The second-order valence-corrected chi connectivity index (χ2v) is 9.18. The van der Waals surface area contributed by atoms with Crippen LogP contribution in [0.5, 0.6) is 34.5 Å². The molecule has 4 aromatic rings. The summed E-state index contributed by atoms with van der Waals surface area (Å²) in [5, 5.41) is 0. The van der Waals surface area contributed by atoms with Crippen molar-refractivity contribution in [1.82, 2.24) is 0 Å². The number of rotatable bonds is 12. The molecule has 6 nitrogen and oxygen atoms in total. The van der Waals surface area contributed by atoms with Crippen molar-refractivity contribution in [3.63, 3.8) is 0 Å². The van der Waals surface area contributed by atoms with Crippen LogP contribution in [0.1, 0.15) is 33.4 Å². The SMILES string of the molecule is COc1ccc(/C=C/c2ccc(/C=C/c3ccc(/C=C/c4ccc(OC)c(OC)c4OC)cc3)cc2)c(OC)c1OC. The molecular weight excluding hydrogens is 528 g/mol. The Labute approximate surface area is 248 Å². The maximum absolute atomic E-state index is 5.58. The molecule has 0 unspecified atom stereocenters. The minimum absolute atomic E-state index is 0.574. The average molecular weight is 565 g/mol. The Morgan fingerprint density at radius 3 is 0.857 bits per heavy atom. The maximum atomic E-state index is 5.58. The summed E-state index contributed by atoms with van der Waals surface area (Å²) in [5.74, 6) is 3.67. The van der Waals surface area contributed by atoms with Crippen LogP contribution in [0, 0.1) is 0 Å². The van der Waals surface area contributed by atoms with Gasteiger partial charge < -0.3 is 28.4 Å². The standard InChI is InChI=1S/C36H36O6/c1-37-31-23-21-29(33(39-3)35(31)41-5)19-17-27-13-9-25(10-14-27)7-8-26-11-15-28(16-12-26)18-20-30-22-24-32(38-2)36(42-6)34(30)40-4/h7-24H,1-6H3/b8-7+,19-17+,20-18+. The van der Waals surface area contributed by atoms with Gasteiger partial charge in [-0.05, 0) is 46.5 Å². The van der Waals surface area contributed by atoms with E-state index < -0.39 is 0 Å². The van der Waals surface area contributed by atoms with Crippen LogP contribution in [-0.2, 0) is 0 Å². The van der Waals surface area contributed by atoms with Crippen molar-refractivity contribution in [2.24, 2.45) is 0 Å². The van der Waals surface area contributed by atoms with Crippen LogP contribution in [0.4, 0.5) is 0 Å². The lowest BCUT2D eigenvalue weighted by Gasteiger charge is -2.14. The molecule has 0 heterocycles. The number of methoxy groups -OCH3 is 6. The van der Waals surface area contributed by atoms with Gasteiger partial charge in [-0.15, -0.1) is 0 Å². The van der Waals surface area contributed by atoms with Crippen LogP contribution in [-0.4, -0.2) is 42.7 Å². The molecule has 4 rings (SSSR count). The first-order valence-corrected chi connectivity index (χ1v) is 13.4. The molecule has 0 spiro atoms. The zero-order chi connectivity index (χ0) is 29.9. The van der Waals surface area contributed by atoms with E-state index in [4.69, 9.17) is 28.4 Å². The van der Waals surface area contributed by atoms with Crippen molar-refractivity contribution in [3.8, 4) is 34.5 Å². The molecule has 0 aliphatic heterocycles. The fourth-order valence-corrected chi connectivity index (χ4v) is 4.51. The first-order valence-electron chi connectivity index (χ1n) is 13.4. The third-order valence-corrected chi connectivity index (χ3v) is 6.72. The molecule has 0 aliphatic carbocycles. The fraction of sp³-hybridized carbons (Fsp3) is 0.167. The molecule has 4 aromatic carbocycles. The normalized spacial score (nSPS) is 11.3. The fourth-order valence-electron chi connectivity index (χ4n) is 4.51. The van der Waals surface area contributed by atoms with E-state index in [1.54, 1.807) is 42.7 Å². The number of hydrogen-bond donors (Lipinski definition) is 0. The van der Waals surface area contributed by atoms with E-state index in [-0.39, 0.29) is 0 Å². The van der Waals surface area contributed by atoms with Crippen LogP contribution in [0.3, 0.4) is 0 Å². The minimum Gasteiger partial charge on any atom is -0.493 e. The van der Waals surface area contributed by atoms with Gasteiger partial charge in [-0.3, -0.25) is 0 Å². The van der Waals surface area contributed by atoms with Gasteiger partial charge in [0.25, 0.3) is 0 Å². The van der Waals surface area contributed by atoms with Crippen molar-refractivity contribution in [2.45, 2.75) is 0 Å². The zero-order valence-corrected chi connectivity index (χ0v) is 24.8. The summed E-state index contributed by atoms with van der Waals surface area (Å²) in [6.07, 6.45) is 12.3. The summed E-state index contributed by atoms with van der Waals surface area (Å²) in [4.78, 5) is 0. The van der Waals surface area contributed by atoms with Gasteiger partial charge in [0.05, 0.1) is 42.7 Å². The van der Waals surface area contributed by atoms with Crippen LogP contribution in [0.15, 0.2) is 72.8 Å². The number of benzene rings is 4. The third-order valence-electron chi connectivity index (χ3n) is 6.72. The molecular formula is C36H36O6. The lowest BCUT2D eigenvalue weighted by molar-refractivity contribution is 0.324. The van der Waals surface area contributed by atoms with Gasteiger partial charge in [-0.25, -0.2) is 0 Å². The van der Waals surface area contributed by atoms with Crippen molar-refractivity contribution >= 4 is 36.5 Å². The van der Waals surface area contributed by atoms with Crippen LogP contribution < -0.4 is 28.4 Å². The molecule has 0 saturated heterocycles. The van der Waals surface area contributed by atoms with E-state index in [9.17, 15) is 0 Å². The largest absolute Gasteiger partial charge is 0.493 e. The Hall–Kier alpha value is -5.10. The Balaban J connectivity index is 1.42. The molecule has 0 saturated carbocycles. The Morgan fingerprint density at radius 2 is 0.595 bits per heavy atom. The highest BCUT2D eigenvalue weighted by atomic mass is 16.5. The summed E-state index contributed by atoms with van der Waals surface area (Å²) in [6, 6.07) is 24.3. The highest BCUT2D eigenvalue weighted by molar-refractivity contribution is 5.78. The van der Waals surface area contributed by atoms with Crippen LogP contribution in [0.25, 0.3) is 36.5 Å². The van der Waals surface area contributed by atoms with E-state index >= 15 is 0 Å². The first kappa shape index (κ1) is 29.9. The third kappa shape index (κ3) is 6.96. The highest BCUT2D eigenvalue weighted by Crippen LogP contribution is 2.41. The molecule has 0 aromatic heterocycles. The summed E-state index contributed by atoms with van der Waals surface area (Å²) in [7, 11) is 9.66. The van der Waals surface area contributed by atoms with E-state index in [0.717, 1.165) is 33.4 Å². The predicted molar refractivity (Wildman–Crippen MR) is 172 cm³/mol. The molecule has 6 heteroatoms. The molecule has 216 valence electrons. The van der Waals surface area contributed by atoms with E-state index in [2.05, 4.69) is 60.7 Å². The molecule has 0 N–H and O–H groups in total. The summed E-state index contributed by atoms with van der Waals surface area (Å²) >= 11 is 0. The molecule has 0 radical (unpaired) electrons. The monoisotopic (exact) mass is 564 g/mol. The molecule has 0 aliphatic rings. The summed E-state index contributed by atoms with van der Waals surface area (Å²) in [5.41, 5.74) is 6.18. The summed E-state index contributed by atoms with van der Waals surface area (Å²) < 4.78 is 32.9. The molecule has 0 amide bonds. The van der Waals surface area contributed by atoms with Crippen molar-refractivity contribution in [3.05, 3.63) is 106 Å². The number of ether oxygens (including phenoxy) is 6. The van der Waals surface area contributed by atoms with Crippen molar-refractivity contribution < 1.29 is 28.4 Å². The molecule has 0 fully saturated rings. The minimum atomic E-state index is 0.574. The average Bonchev–Trinajstić information content (AvgIpc) is 3.05. The lowest BCUT2D eigenvalue weighted by Crippen LogP contribution is -1.96. The predicted octanol–water partition coefficient (Wildman–Crippen LogP) is 8.25. The highest BCUT2D eigenvalue weighted by Gasteiger charge is 2.15. The van der Waals surface area contributed by atoms with Gasteiger partial charge in [0.15, 0.2) is 23.0 Å². The van der Waals surface area contributed by atoms with Crippen LogP contribution in [0.2, 0.25) is 0 Å². The Bertz CT molecular complexity index is 1450. The van der Waals surface area contributed by atoms with Gasteiger partial charge in [-0.1, -0.05) is 85.0 Å². The topological polar surface area (TPSA) is 55.4 Å². The molecule has 0 atom stereocenters. The smallest absolute Gasteiger partial charge is 0.203 e. The summed E-state index contributed by atoms with van der Waals surface area (Å²) in [6.45, 7) is 0. The van der Waals surface area contributed by atoms with E-state index in [1.807, 2.05) is 48.6 Å². The molecule has 42 heavy (non-hydrogen) atoms. The quantitative estimate of drug-likeness (QED) is 0.162. The van der Waals surface area contributed by atoms with Gasteiger partial charge in [0.2, 0.25) is 11.5 Å². The van der Waals surface area contributed by atoms with Crippen molar-refractivity contribution in [1.29, 1.82) is 0 Å². The van der Waals surface area contributed by atoms with Gasteiger partial charge in [-0.2, -0.15) is 0 Å².